The van der Waals surface area contributed by atoms with Crippen LogP contribution < -0.4 is 14.8 Å². The van der Waals surface area contributed by atoms with Crippen LogP contribution in [0.2, 0.25) is 0 Å². The molecule has 2 aromatic carbocycles. The van der Waals surface area contributed by atoms with Gasteiger partial charge in [0.2, 0.25) is 0 Å². The van der Waals surface area contributed by atoms with Crippen LogP contribution in [0, 0.1) is 17.2 Å². The van der Waals surface area contributed by atoms with Gasteiger partial charge in [-0.15, -0.1) is 0 Å². The van der Waals surface area contributed by atoms with Gasteiger partial charge in [0.25, 0.3) is 0 Å². The summed E-state index contributed by atoms with van der Waals surface area (Å²) in [5, 5.41) is 11.7. The molecule has 1 heterocycles. The van der Waals surface area contributed by atoms with Crippen LogP contribution in [0.4, 0.5) is 9.18 Å². The highest BCUT2D eigenvalue weighted by Gasteiger charge is 2.39. The van der Waals surface area contributed by atoms with E-state index in [-0.39, 0.29) is 0 Å². The molecule has 0 saturated carbocycles. The van der Waals surface area contributed by atoms with Crippen molar-refractivity contribution in [2.24, 2.45) is 11.3 Å². The van der Waals surface area contributed by atoms with E-state index < -0.39 is 23.4 Å². The van der Waals surface area contributed by atoms with Crippen LogP contribution >= 0.6 is 0 Å². The fourth-order valence-electron chi connectivity index (χ4n) is 3.30. The molecule has 0 aromatic heterocycles. The molecular weight excluding hydrogens is 361 g/mol. The zero-order valence-corrected chi connectivity index (χ0v) is 16.6. The Morgan fingerprint density at radius 1 is 1.32 bits per heavy atom. The monoisotopic (exact) mass is 387 g/mol. The van der Waals surface area contributed by atoms with Gasteiger partial charge in [-0.1, -0.05) is 39.8 Å². The van der Waals surface area contributed by atoms with Crippen LogP contribution in [0.15, 0.2) is 36.4 Å². The number of benzene rings is 2. The van der Waals surface area contributed by atoms with Crippen LogP contribution in [-0.4, -0.2) is 24.4 Å². The minimum absolute atomic E-state index is 0.331. The molecule has 5 nitrogen and oxygen atoms in total. The molecule has 2 N–H and O–H groups in total. The first kappa shape index (κ1) is 20.0. The predicted octanol–water partition coefficient (Wildman–Crippen LogP) is 5.25. The van der Waals surface area contributed by atoms with Gasteiger partial charge in [0.05, 0.1) is 19.3 Å². The first-order valence-electron chi connectivity index (χ1n) is 9.36. The highest BCUT2D eigenvalue weighted by atomic mass is 19.1. The van der Waals surface area contributed by atoms with Crippen LogP contribution in [-0.2, 0) is 0 Å². The van der Waals surface area contributed by atoms with Crippen LogP contribution in [0.5, 0.6) is 11.5 Å². The van der Waals surface area contributed by atoms with Crippen molar-refractivity contribution in [3.05, 3.63) is 47.8 Å². The Labute approximate surface area is 164 Å². The second kappa shape index (κ2) is 7.70. The molecule has 0 bridgehead atoms. The van der Waals surface area contributed by atoms with Crippen molar-refractivity contribution in [3.63, 3.8) is 0 Å². The molecule has 150 valence electrons. The van der Waals surface area contributed by atoms with Crippen molar-refractivity contribution >= 4 is 6.09 Å². The van der Waals surface area contributed by atoms with Gasteiger partial charge in [0.15, 0.2) is 0 Å². The second-order valence-corrected chi connectivity index (χ2v) is 8.26. The molecule has 1 amide bonds. The van der Waals surface area contributed by atoms with Gasteiger partial charge in [0, 0.05) is 16.5 Å². The lowest BCUT2D eigenvalue weighted by Gasteiger charge is -2.39. The van der Waals surface area contributed by atoms with Gasteiger partial charge in [0.1, 0.15) is 17.3 Å². The summed E-state index contributed by atoms with van der Waals surface area (Å²) in [7, 11) is 0. The van der Waals surface area contributed by atoms with E-state index in [9.17, 15) is 14.3 Å². The molecule has 0 radical (unpaired) electrons. The third kappa shape index (κ3) is 4.21. The highest BCUT2D eigenvalue weighted by molar-refractivity contribution is 5.69. The van der Waals surface area contributed by atoms with Gasteiger partial charge in [-0.25, -0.2) is 9.18 Å². The number of carboxylic acid groups (broad SMARTS) is 1. The van der Waals surface area contributed by atoms with Crippen molar-refractivity contribution in [2.75, 3.05) is 13.2 Å². The number of hydrogen-bond donors (Lipinski definition) is 2. The summed E-state index contributed by atoms with van der Waals surface area (Å²) >= 11 is 0. The Morgan fingerprint density at radius 2 is 2.00 bits per heavy atom. The van der Waals surface area contributed by atoms with E-state index in [0.717, 1.165) is 5.75 Å². The van der Waals surface area contributed by atoms with Crippen molar-refractivity contribution in [1.29, 1.82) is 0 Å². The lowest BCUT2D eigenvalue weighted by Crippen LogP contribution is -2.43. The lowest BCUT2D eigenvalue weighted by molar-refractivity contribution is 0.0992. The number of hydrogen-bond acceptors (Lipinski definition) is 3. The molecule has 3 rings (SSSR count). The third-order valence-electron chi connectivity index (χ3n) is 4.81. The molecule has 1 aliphatic heterocycles. The van der Waals surface area contributed by atoms with E-state index in [2.05, 4.69) is 19.2 Å². The number of rotatable bonds is 5. The van der Waals surface area contributed by atoms with E-state index in [1.165, 1.54) is 6.07 Å². The quantitative estimate of drug-likeness (QED) is 0.735. The first-order valence-corrected chi connectivity index (χ1v) is 9.36. The fourth-order valence-corrected chi connectivity index (χ4v) is 3.30. The van der Waals surface area contributed by atoms with Crippen LogP contribution in [0.3, 0.4) is 0 Å². The smallest absolute Gasteiger partial charge is 0.405 e. The van der Waals surface area contributed by atoms with Crippen molar-refractivity contribution in [2.45, 2.75) is 33.7 Å². The molecule has 1 aliphatic rings. The second-order valence-electron chi connectivity index (χ2n) is 8.26. The number of halogens is 1. The summed E-state index contributed by atoms with van der Waals surface area (Å²) in [6, 6.07) is 9.70. The highest BCUT2D eigenvalue weighted by Crippen LogP contribution is 2.45. The summed E-state index contributed by atoms with van der Waals surface area (Å²) < 4.78 is 26.4. The minimum atomic E-state index is -1.15. The summed E-state index contributed by atoms with van der Waals surface area (Å²) in [4.78, 5) is 11.2. The molecule has 28 heavy (non-hydrogen) atoms. The number of fused-ring (bicyclic) bond motifs is 1. The normalized spacial score (nSPS) is 17.6. The van der Waals surface area contributed by atoms with E-state index in [0.29, 0.717) is 41.6 Å². The fraction of sp³-hybridized carbons (Fsp3) is 0.409. The maximum Gasteiger partial charge on any atom is 0.405 e. The van der Waals surface area contributed by atoms with E-state index in [1.807, 2.05) is 26.0 Å². The standard InChI is InChI=1S/C22H26FNO4/c1-13(2)11-27-15-7-5-14(6-8-15)16-10-19-17(9-18(16)23)20(24-21(25)26)22(3,4)12-28-19/h5-10,13,20,24H,11-12H2,1-4H3,(H,25,26). The number of amides is 1. The Balaban J connectivity index is 1.92. The Hall–Kier alpha value is -2.76. The van der Waals surface area contributed by atoms with Crippen molar-refractivity contribution in [3.8, 4) is 22.6 Å². The SMILES string of the molecule is CC(C)COc1ccc(-c2cc3c(cc2F)C(NC(=O)O)C(C)(C)CO3)cc1. The maximum absolute atomic E-state index is 14.9. The van der Waals surface area contributed by atoms with Gasteiger partial charge in [-0.3, -0.25) is 0 Å². The molecular formula is C22H26FNO4. The average molecular weight is 387 g/mol. The topological polar surface area (TPSA) is 67.8 Å². The molecule has 2 aromatic rings. The predicted molar refractivity (Wildman–Crippen MR) is 105 cm³/mol. The van der Waals surface area contributed by atoms with Crippen molar-refractivity contribution in [1.82, 2.24) is 5.32 Å². The molecule has 0 aliphatic carbocycles. The van der Waals surface area contributed by atoms with E-state index >= 15 is 0 Å². The lowest BCUT2D eigenvalue weighted by atomic mass is 9.78. The van der Waals surface area contributed by atoms with Crippen LogP contribution in [0.25, 0.3) is 11.1 Å². The summed E-state index contributed by atoms with van der Waals surface area (Å²) in [6.07, 6.45) is -1.15. The number of nitrogens with one attached hydrogen (secondary N) is 1. The Kier molecular flexibility index (Phi) is 5.49. The average Bonchev–Trinajstić information content (AvgIpc) is 2.62. The summed E-state index contributed by atoms with van der Waals surface area (Å²) in [6.45, 7) is 8.87. The molecule has 1 atom stereocenters. The van der Waals surface area contributed by atoms with Gasteiger partial charge in [-0.05, 0) is 35.7 Å². The summed E-state index contributed by atoms with van der Waals surface area (Å²) in [5.41, 5.74) is 1.13. The molecule has 6 heteroatoms. The molecule has 1 unspecified atom stereocenters. The first-order chi connectivity index (χ1) is 13.2. The Bertz CT molecular complexity index is 862. The van der Waals surface area contributed by atoms with Gasteiger partial charge >= 0.3 is 6.09 Å². The summed E-state index contributed by atoms with van der Waals surface area (Å²) in [5.74, 6) is 1.23. The molecule has 0 saturated heterocycles. The van der Waals surface area contributed by atoms with Crippen LogP contribution in [0.1, 0.15) is 39.3 Å². The zero-order valence-electron chi connectivity index (χ0n) is 16.6. The van der Waals surface area contributed by atoms with E-state index in [4.69, 9.17) is 9.47 Å². The number of carbonyl (C=O) groups is 1. The van der Waals surface area contributed by atoms with Gasteiger partial charge in [-0.2, -0.15) is 0 Å². The zero-order chi connectivity index (χ0) is 20.5. The third-order valence-corrected chi connectivity index (χ3v) is 4.81. The molecule has 0 spiro atoms. The van der Waals surface area contributed by atoms with E-state index in [1.54, 1.807) is 18.2 Å². The van der Waals surface area contributed by atoms with Gasteiger partial charge < -0.3 is 19.9 Å². The number of ether oxygens (including phenoxy) is 2. The maximum atomic E-state index is 14.9. The minimum Gasteiger partial charge on any atom is -0.493 e. The molecule has 0 fully saturated rings. The largest absolute Gasteiger partial charge is 0.493 e. The van der Waals surface area contributed by atoms with Crippen molar-refractivity contribution < 1.29 is 23.8 Å². The Morgan fingerprint density at radius 3 is 2.61 bits per heavy atom.